The van der Waals surface area contributed by atoms with Crippen LogP contribution in [0, 0.1) is 17.0 Å². The molecule has 0 atom stereocenters. The number of halogens is 2. The van der Waals surface area contributed by atoms with E-state index in [1.165, 1.54) is 12.1 Å². The first-order valence-corrected chi connectivity index (χ1v) is 5.64. The normalized spacial score (nSPS) is 11.6. The quantitative estimate of drug-likeness (QED) is 0.881. The van der Waals surface area contributed by atoms with Crippen LogP contribution in [0.25, 0.3) is 0 Å². The summed E-state index contributed by atoms with van der Waals surface area (Å²) in [5.41, 5.74) is 5.81. The lowest BCUT2D eigenvalue weighted by Gasteiger charge is -2.18. The van der Waals surface area contributed by atoms with Crippen molar-refractivity contribution in [1.82, 2.24) is 0 Å². The second-order valence-electron chi connectivity index (χ2n) is 5.25. The van der Waals surface area contributed by atoms with E-state index in [2.05, 4.69) is 0 Å². The van der Waals surface area contributed by atoms with Crippen LogP contribution in [-0.2, 0) is 6.54 Å². The standard InChI is InChI=1S/C13H19F2NO/c1-13(2,3)4-5-17-12-10(14)6-9(8-16)7-11(12)15/h6-7H,4-5,8,16H2,1-3H3. The van der Waals surface area contributed by atoms with Gasteiger partial charge < -0.3 is 10.5 Å². The van der Waals surface area contributed by atoms with Gasteiger partial charge in [0.25, 0.3) is 0 Å². The van der Waals surface area contributed by atoms with E-state index >= 15 is 0 Å². The second kappa shape index (κ2) is 5.45. The number of hydrogen-bond donors (Lipinski definition) is 1. The van der Waals surface area contributed by atoms with Crippen molar-refractivity contribution in [3.63, 3.8) is 0 Å². The van der Waals surface area contributed by atoms with Gasteiger partial charge in [0.1, 0.15) is 0 Å². The van der Waals surface area contributed by atoms with Crippen LogP contribution in [0.5, 0.6) is 5.75 Å². The van der Waals surface area contributed by atoms with Gasteiger partial charge >= 0.3 is 0 Å². The van der Waals surface area contributed by atoms with Gasteiger partial charge in [-0.05, 0) is 29.5 Å². The fourth-order valence-corrected chi connectivity index (χ4v) is 1.33. The van der Waals surface area contributed by atoms with Crippen LogP contribution in [0.3, 0.4) is 0 Å². The fraction of sp³-hybridized carbons (Fsp3) is 0.538. The van der Waals surface area contributed by atoms with Crippen molar-refractivity contribution in [3.05, 3.63) is 29.3 Å². The molecule has 0 saturated carbocycles. The van der Waals surface area contributed by atoms with E-state index in [4.69, 9.17) is 10.5 Å². The zero-order valence-electron chi connectivity index (χ0n) is 10.5. The highest BCUT2D eigenvalue weighted by molar-refractivity contribution is 5.31. The number of nitrogens with two attached hydrogens (primary N) is 1. The summed E-state index contributed by atoms with van der Waals surface area (Å²) in [6, 6.07) is 2.41. The highest BCUT2D eigenvalue weighted by Crippen LogP contribution is 2.25. The van der Waals surface area contributed by atoms with Gasteiger partial charge in [0.15, 0.2) is 17.4 Å². The predicted molar refractivity (Wildman–Crippen MR) is 63.8 cm³/mol. The van der Waals surface area contributed by atoms with Gasteiger partial charge in [0, 0.05) is 6.54 Å². The second-order valence-corrected chi connectivity index (χ2v) is 5.25. The summed E-state index contributed by atoms with van der Waals surface area (Å²) < 4.78 is 32.1. The Morgan fingerprint density at radius 1 is 1.18 bits per heavy atom. The molecule has 96 valence electrons. The van der Waals surface area contributed by atoms with Crippen molar-refractivity contribution in [2.24, 2.45) is 11.1 Å². The van der Waals surface area contributed by atoms with Crippen molar-refractivity contribution in [2.45, 2.75) is 33.7 Å². The topological polar surface area (TPSA) is 35.2 Å². The van der Waals surface area contributed by atoms with Crippen LogP contribution in [-0.4, -0.2) is 6.61 Å². The molecular formula is C13H19F2NO. The summed E-state index contributed by atoms with van der Waals surface area (Å²) in [6.07, 6.45) is 0.727. The average Bonchev–Trinajstić information content (AvgIpc) is 2.20. The van der Waals surface area contributed by atoms with Crippen LogP contribution in [0.1, 0.15) is 32.8 Å². The SMILES string of the molecule is CC(C)(C)CCOc1c(F)cc(CN)cc1F. The monoisotopic (exact) mass is 243 g/mol. The predicted octanol–water partition coefficient (Wildman–Crippen LogP) is 3.24. The third kappa shape index (κ3) is 4.30. The minimum absolute atomic E-state index is 0.0736. The molecule has 1 rings (SSSR count). The number of rotatable bonds is 4. The Morgan fingerprint density at radius 3 is 2.12 bits per heavy atom. The Bertz CT molecular complexity index is 362. The third-order valence-corrected chi connectivity index (χ3v) is 2.39. The smallest absolute Gasteiger partial charge is 0.190 e. The van der Waals surface area contributed by atoms with Gasteiger partial charge in [-0.3, -0.25) is 0 Å². The molecule has 0 bridgehead atoms. The van der Waals surface area contributed by atoms with Crippen LogP contribution >= 0.6 is 0 Å². The molecule has 0 aliphatic rings. The molecule has 0 unspecified atom stereocenters. The Labute approximate surface area is 101 Å². The molecule has 0 spiro atoms. The molecule has 2 N–H and O–H groups in total. The van der Waals surface area contributed by atoms with Crippen molar-refractivity contribution in [1.29, 1.82) is 0 Å². The molecule has 0 saturated heterocycles. The molecule has 0 aliphatic carbocycles. The summed E-state index contributed by atoms with van der Waals surface area (Å²) >= 11 is 0. The van der Waals surface area contributed by atoms with Gasteiger partial charge in [-0.2, -0.15) is 0 Å². The highest BCUT2D eigenvalue weighted by atomic mass is 19.1. The zero-order chi connectivity index (χ0) is 13.1. The maximum atomic E-state index is 13.5. The molecule has 1 aromatic rings. The maximum Gasteiger partial charge on any atom is 0.190 e. The van der Waals surface area contributed by atoms with Crippen molar-refractivity contribution in [2.75, 3.05) is 6.61 Å². The molecule has 2 nitrogen and oxygen atoms in total. The van der Waals surface area contributed by atoms with E-state index in [-0.39, 0.29) is 17.7 Å². The molecule has 0 aliphatic heterocycles. The molecule has 0 aromatic heterocycles. The van der Waals surface area contributed by atoms with E-state index in [1.807, 2.05) is 20.8 Å². The van der Waals surface area contributed by atoms with Crippen molar-refractivity contribution < 1.29 is 13.5 Å². The zero-order valence-corrected chi connectivity index (χ0v) is 10.5. The summed E-state index contributed by atoms with van der Waals surface area (Å²) in [6.45, 7) is 6.53. The molecule has 17 heavy (non-hydrogen) atoms. The Morgan fingerprint density at radius 2 is 1.71 bits per heavy atom. The summed E-state index contributed by atoms with van der Waals surface area (Å²) in [5, 5.41) is 0. The molecular weight excluding hydrogens is 224 g/mol. The average molecular weight is 243 g/mol. The highest BCUT2D eigenvalue weighted by Gasteiger charge is 2.14. The van der Waals surface area contributed by atoms with Crippen LogP contribution < -0.4 is 10.5 Å². The van der Waals surface area contributed by atoms with Gasteiger partial charge in [-0.15, -0.1) is 0 Å². The molecule has 0 fully saturated rings. The minimum atomic E-state index is -0.695. The van der Waals surface area contributed by atoms with Crippen molar-refractivity contribution in [3.8, 4) is 5.75 Å². The lowest BCUT2D eigenvalue weighted by Crippen LogP contribution is -2.12. The van der Waals surface area contributed by atoms with E-state index in [0.717, 1.165) is 6.42 Å². The first-order valence-electron chi connectivity index (χ1n) is 5.64. The van der Waals surface area contributed by atoms with E-state index in [0.29, 0.717) is 12.2 Å². The lowest BCUT2D eigenvalue weighted by molar-refractivity contribution is 0.226. The molecule has 0 radical (unpaired) electrons. The van der Waals surface area contributed by atoms with Crippen LogP contribution in [0.4, 0.5) is 8.78 Å². The van der Waals surface area contributed by atoms with Crippen LogP contribution in [0.2, 0.25) is 0 Å². The number of hydrogen-bond acceptors (Lipinski definition) is 2. The maximum absolute atomic E-state index is 13.5. The summed E-state index contributed by atoms with van der Waals surface area (Å²) in [5.74, 6) is -1.70. The Balaban J connectivity index is 2.72. The molecule has 0 amide bonds. The van der Waals surface area contributed by atoms with Gasteiger partial charge in [0.05, 0.1) is 6.61 Å². The minimum Gasteiger partial charge on any atom is -0.488 e. The fourth-order valence-electron chi connectivity index (χ4n) is 1.33. The van der Waals surface area contributed by atoms with Gasteiger partial charge in [-0.25, -0.2) is 8.78 Å². The molecule has 0 heterocycles. The van der Waals surface area contributed by atoms with Crippen LogP contribution in [0.15, 0.2) is 12.1 Å². The number of ether oxygens (including phenoxy) is 1. The van der Waals surface area contributed by atoms with E-state index < -0.39 is 11.6 Å². The first kappa shape index (κ1) is 13.9. The molecule has 1 aromatic carbocycles. The third-order valence-electron chi connectivity index (χ3n) is 2.39. The Kier molecular flexibility index (Phi) is 4.46. The summed E-state index contributed by atoms with van der Waals surface area (Å²) in [4.78, 5) is 0. The lowest BCUT2D eigenvalue weighted by atomic mass is 9.93. The van der Waals surface area contributed by atoms with E-state index in [1.54, 1.807) is 0 Å². The number of benzene rings is 1. The molecule has 4 heteroatoms. The largest absolute Gasteiger partial charge is 0.488 e. The first-order chi connectivity index (χ1) is 7.83. The summed E-state index contributed by atoms with van der Waals surface area (Å²) in [7, 11) is 0. The van der Waals surface area contributed by atoms with Gasteiger partial charge in [-0.1, -0.05) is 20.8 Å². The van der Waals surface area contributed by atoms with E-state index in [9.17, 15) is 8.78 Å². The van der Waals surface area contributed by atoms with Gasteiger partial charge in [0.2, 0.25) is 0 Å². The Hall–Kier alpha value is -1.16. The van der Waals surface area contributed by atoms with Crippen molar-refractivity contribution >= 4 is 0 Å².